The molecule has 1 atom stereocenters. The third kappa shape index (κ3) is 1.55. The first-order chi connectivity index (χ1) is 5.66. The molecular weight excluding hydrogens is 158 g/mol. The lowest BCUT2D eigenvalue weighted by molar-refractivity contribution is -0.125. The molecular formula is C7H13N3O2. The number of amides is 1. The number of amidine groups is 1. The maximum absolute atomic E-state index is 11.1. The van der Waals surface area contributed by atoms with Crippen molar-refractivity contribution in [1.29, 1.82) is 0 Å². The van der Waals surface area contributed by atoms with Crippen LogP contribution in [0.5, 0.6) is 0 Å². The Morgan fingerprint density at radius 3 is 3.00 bits per heavy atom. The van der Waals surface area contributed by atoms with Crippen LogP contribution in [0.15, 0.2) is 5.10 Å². The minimum atomic E-state index is -0.173. The van der Waals surface area contributed by atoms with Crippen LogP contribution in [0.1, 0.15) is 6.92 Å². The molecule has 0 fully saturated rings. The van der Waals surface area contributed by atoms with Crippen LogP contribution in [0.25, 0.3) is 0 Å². The Morgan fingerprint density at radius 2 is 2.42 bits per heavy atom. The molecule has 0 spiro atoms. The summed E-state index contributed by atoms with van der Waals surface area (Å²) < 4.78 is 4.91. The molecule has 0 aliphatic carbocycles. The first-order valence-electron chi connectivity index (χ1n) is 3.75. The van der Waals surface area contributed by atoms with Crippen molar-refractivity contribution in [2.24, 2.45) is 5.10 Å². The van der Waals surface area contributed by atoms with Gasteiger partial charge in [-0.25, -0.2) is 5.43 Å². The predicted octanol–water partition coefficient (Wildman–Crippen LogP) is -0.604. The molecule has 0 bridgehead atoms. The van der Waals surface area contributed by atoms with Crippen molar-refractivity contribution in [1.82, 2.24) is 10.3 Å². The molecule has 5 nitrogen and oxygen atoms in total. The first-order valence-corrected chi connectivity index (χ1v) is 3.75. The van der Waals surface area contributed by atoms with Crippen LogP contribution in [-0.4, -0.2) is 43.4 Å². The Kier molecular flexibility index (Phi) is 2.65. The smallest absolute Gasteiger partial charge is 0.262 e. The third-order valence-electron chi connectivity index (χ3n) is 1.94. The molecule has 0 saturated carbocycles. The Balaban J connectivity index is 2.70. The third-order valence-corrected chi connectivity index (χ3v) is 1.94. The van der Waals surface area contributed by atoms with Gasteiger partial charge in [0.2, 0.25) is 0 Å². The summed E-state index contributed by atoms with van der Waals surface area (Å²) in [4.78, 5) is 12.8. The summed E-state index contributed by atoms with van der Waals surface area (Å²) in [6.07, 6.45) is 0. The number of likely N-dealkylation sites (N-methyl/N-ethyl adjacent to an activating group) is 1. The van der Waals surface area contributed by atoms with Gasteiger partial charge in [0.25, 0.3) is 5.91 Å². The summed E-state index contributed by atoms with van der Waals surface area (Å²) in [5.74, 6) is 0.655. The Morgan fingerprint density at radius 1 is 1.75 bits per heavy atom. The summed E-state index contributed by atoms with van der Waals surface area (Å²) in [5.41, 5.74) is 2.42. The van der Waals surface area contributed by atoms with Gasteiger partial charge in [-0.1, -0.05) is 0 Å². The molecule has 1 rings (SSSR count). The average Bonchev–Trinajstić information content (AvgIpc) is 2.07. The molecule has 1 aliphatic rings. The van der Waals surface area contributed by atoms with E-state index in [1.165, 1.54) is 0 Å². The molecule has 0 aromatic heterocycles. The van der Waals surface area contributed by atoms with E-state index >= 15 is 0 Å². The lowest BCUT2D eigenvalue weighted by atomic mass is 10.2. The molecule has 1 heterocycles. The number of carbonyl (C=O) groups is 1. The van der Waals surface area contributed by atoms with Crippen LogP contribution in [0.3, 0.4) is 0 Å². The Hall–Kier alpha value is -1.10. The molecule has 1 amide bonds. The predicted molar refractivity (Wildman–Crippen MR) is 44.7 cm³/mol. The zero-order valence-corrected chi connectivity index (χ0v) is 7.50. The van der Waals surface area contributed by atoms with Crippen LogP contribution in [-0.2, 0) is 9.53 Å². The van der Waals surface area contributed by atoms with Crippen molar-refractivity contribution in [3.05, 3.63) is 0 Å². The zero-order valence-electron chi connectivity index (χ0n) is 7.50. The number of carbonyl (C=O) groups excluding carboxylic acids is 1. The van der Waals surface area contributed by atoms with Gasteiger partial charge >= 0.3 is 0 Å². The molecule has 5 heteroatoms. The number of hydrogen-bond donors (Lipinski definition) is 1. The van der Waals surface area contributed by atoms with Crippen molar-refractivity contribution in [3.8, 4) is 0 Å². The molecule has 1 unspecified atom stereocenters. The molecule has 0 aromatic rings. The van der Waals surface area contributed by atoms with E-state index in [0.717, 1.165) is 5.84 Å². The fraction of sp³-hybridized carbons (Fsp3) is 0.714. The summed E-state index contributed by atoms with van der Waals surface area (Å²) in [7, 11) is 3.42. The number of hydrazone groups is 1. The SMILES string of the molecule is COCC1=NNC(=O)C(C)N1C. The summed E-state index contributed by atoms with van der Waals surface area (Å²) in [6.45, 7) is 2.24. The fourth-order valence-corrected chi connectivity index (χ4v) is 0.955. The highest BCUT2D eigenvalue weighted by atomic mass is 16.5. The van der Waals surface area contributed by atoms with Crippen LogP contribution in [0.2, 0.25) is 0 Å². The second-order valence-corrected chi connectivity index (χ2v) is 2.72. The zero-order chi connectivity index (χ0) is 9.14. The second-order valence-electron chi connectivity index (χ2n) is 2.72. The number of nitrogens with one attached hydrogen (secondary N) is 1. The summed E-state index contributed by atoms with van der Waals surface area (Å²) in [6, 6.07) is -0.173. The number of hydrogen-bond acceptors (Lipinski definition) is 4. The van der Waals surface area contributed by atoms with Gasteiger partial charge in [0, 0.05) is 14.2 Å². The highest BCUT2D eigenvalue weighted by molar-refractivity contribution is 5.94. The van der Waals surface area contributed by atoms with Crippen LogP contribution < -0.4 is 5.43 Å². The molecule has 1 aliphatic heterocycles. The van der Waals surface area contributed by atoms with Gasteiger partial charge in [0.15, 0.2) is 5.84 Å². The monoisotopic (exact) mass is 171 g/mol. The van der Waals surface area contributed by atoms with E-state index in [2.05, 4.69) is 10.5 Å². The van der Waals surface area contributed by atoms with Crippen molar-refractivity contribution in [2.75, 3.05) is 20.8 Å². The largest absolute Gasteiger partial charge is 0.377 e. The van der Waals surface area contributed by atoms with Crippen LogP contribution in [0.4, 0.5) is 0 Å². The molecule has 1 N–H and O–H groups in total. The normalized spacial score (nSPS) is 23.6. The van der Waals surface area contributed by atoms with Gasteiger partial charge < -0.3 is 9.64 Å². The van der Waals surface area contributed by atoms with Gasteiger partial charge in [-0.3, -0.25) is 4.79 Å². The Bertz CT molecular complexity index is 215. The van der Waals surface area contributed by atoms with Crippen molar-refractivity contribution >= 4 is 11.7 Å². The minimum Gasteiger partial charge on any atom is -0.377 e. The maximum Gasteiger partial charge on any atom is 0.262 e. The van der Waals surface area contributed by atoms with E-state index in [1.54, 1.807) is 12.0 Å². The van der Waals surface area contributed by atoms with E-state index < -0.39 is 0 Å². The summed E-state index contributed by atoms with van der Waals surface area (Å²) in [5, 5.41) is 3.85. The van der Waals surface area contributed by atoms with E-state index in [9.17, 15) is 4.79 Å². The van der Waals surface area contributed by atoms with Gasteiger partial charge in [-0.05, 0) is 6.92 Å². The van der Waals surface area contributed by atoms with Crippen LogP contribution in [0, 0.1) is 0 Å². The summed E-state index contributed by atoms with van der Waals surface area (Å²) >= 11 is 0. The standard InChI is InChI=1S/C7H13N3O2/c1-5-7(11)9-8-6(4-12-3)10(5)2/h5H,4H2,1-3H3,(H,9,11). The van der Waals surface area contributed by atoms with E-state index in [-0.39, 0.29) is 11.9 Å². The Labute approximate surface area is 71.4 Å². The molecule has 0 radical (unpaired) electrons. The first kappa shape index (κ1) is 8.99. The van der Waals surface area contributed by atoms with Gasteiger partial charge in [0.05, 0.1) is 0 Å². The van der Waals surface area contributed by atoms with E-state index in [4.69, 9.17) is 4.74 Å². The topological polar surface area (TPSA) is 53.9 Å². The molecule has 68 valence electrons. The van der Waals surface area contributed by atoms with Crippen molar-refractivity contribution in [3.63, 3.8) is 0 Å². The number of rotatable bonds is 2. The number of ether oxygens (including phenoxy) is 1. The molecule has 12 heavy (non-hydrogen) atoms. The van der Waals surface area contributed by atoms with Crippen LogP contribution >= 0.6 is 0 Å². The van der Waals surface area contributed by atoms with Gasteiger partial charge in [0.1, 0.15) is 12.6 Å². The fourth-order valence-electron chi connectivity index (χ4n) is 0.955. The van der Waals surface area contributed by atoms with Gasteiger partial charge in [-0.2, -0.15) is 5.10 Å². The number of methoxy groups -OCH3 is 1. The quantitative estimate of drug-likeness (QED) is 0.603. The van der Waals surface area contributed by atoms with Crippen molar-refractivity contribution in [2.45, 2.75) is 13.0 Å². The maximum atomic E-state index is 11.1. The average molecular weight is 171 g/mol. The van der Waals surface area contributed by atoms with E-state index in [0.29, 0.717) is 6.61 Å². The highest BCUT2D eigenvalue weighted by Crippen LogP contribution is 2.02. The van der Waals surface area contributed by atoms with Gasteiger partial charge in [-0.15, -0.1) is 0 Å². The second kappa shape index (κ2) is 3.53. The number of nitrogens with zero attached hydrogens (tertiary/aromatic N) is 2. The van der Waals surface area contributed by atoms with Crippen molar-refractivity contribution < 1.29 is 9.53 Å². The molecule has 0 aromatic carbocycles. The minimum absolute atomic E-state index is 0.0858. The lowest BCUT2D eigenvalue weighted by Crippen LogP contribution is -2.51. The molecule has 0 saturated heterocycles. The van der Waals surface area contributed by atoms with E-state index in [1.807, 2.05) is 14.0 Å². The lowest BCUT2D eigenvalue weighted by Gasteiger charge is -2.29. The highest BCUT2D eigenvalue weighted by Gasteiger charge is 2.24.